The zero-order valence-electron chi connectivity index (χ0n) is 11.5. The van der Waals surface area contributed by atoms with E-state index in [1.807, 2.05) is 31.2 Å². The summed E-state index contributed by atoms with van der Waals surface area (Å²) in [6, 6.07) is 11.6. The molecule has 2 nitrogen and oxygen atoms in total. The van der Waals surface area contributed by atoms with Gasteiger partial charge in [-0.25, -0.2) is 4.39 Å². The number of hydrogen-bond donors (Lipinski definition) is 2. The molecular formula is C16H16Cl2FNO. The van der Waals surface area contributed by atoms with Crippen LogP contribution in [0.25, 0.3) is 0 Å². The van der Waals surface area contributed by atoms with Crippen molar-refractivity contribution in [1.82, 2.24) is 5.32 Å². The molecule has 0 fully saturated rings. The minimum atomic E-state index is -0.492. The summed E-state index contributed by atoms with van der Waals surface area (Å²) in [6.07, 6.45) is 0. The number of aliphatic hydroxyl groups is 1. The third-order valence-corrected chi connectivity index (χ3v) is 3.91. The third kappa shape index (κ3) is 4.17. The summed E-state index contributed by atoms with van der Waals surface area (Å²) in [5, 5.41) is 13.5. The Hall–Kier alpha value is -1.13. The molecule has 0 radical (unpaired) electrons. The van der Waals surface area contributed by atoms with E-state index in [0.717, 1.165) is 5.56 Å². The molecule has 0 heterocycles. The molecule has 2 aromatic carbocycles. The highest BCUT2D eigenvalue weighted by Gasteiger charge is 2.16. The fraction of sp³-hybridized carbons (Fsp3) is 0.250. The largest absolute Gasteiger partial charge is 0.394 e. The van der Waals surface area contributed by atoms with E-state index >= 15 is 0 Å². The molecule has 0 bridgehead atoms. The Morgan fingerprint density at radius 3 is 2.29 bits per heavy atom. The Labute approximate surface area is 133 Å². The van der Waals surface area contributed by atoms with Crippen molar-refractivity contribution < 1.29 is 9.50 Å². The zero-order chi connectivity index (χ0) is 15.4. The standard InChI is InChI=1S/C16H16Cl2FNO/c1-10(11-2-5-13(17)6-3-11)20-16(9-21)12-4-7-14(18)15(19)8-12/h2-8,10,16,20-21H,9H2,1H3/t10-,16-/m0/s1. The van der Waals surface area contributed by atoms with Gasteiger partial charge >= 0.3 is 0 Å². The van der Waals surface area contributed by atoms with E-state index in [9.17, 15) is 9.50 Å². The lowest BCUT2D eigenvalue weighted by Crippen LogP contribution is -2.27. The molecular weight excluding hydrogens is 312 g/mol. The zero-order valence-corrected chi connectivity index (χ0v) is 13.0. The van der Waals surface area contributed by atoms with Gasteiger partial charge in [-0.2, -0.15) is 0 Å². The molecule has 0 aliphatic heterocycles. The van der Waals surface area contributed by atoms with Gasteiger partial charge in [0.2, 0.25) is 0 Å². The monoisotopic (exact) mass is 327 g/mol. The average molecular weight is 328 g/mol. The predicted octanol–water partition coefficient (Wildman–Crippen LogP) is 4.52. The van der Waals surface area contributed by atoms with Gasteiger partial charge in [0.15, 0.2) is 0 Å². The van der Waals surface area contributed by atoms with Crippen LogP contribution in [0.2, 0.25) is 10.0 Å². The second-order valence-electron chi connectivity index (χ2n) is 4.85. The fourth-order valence-electron chi connectivity index (χ4n) is 2.13. The summed E-state index contributed by atoms with van der Waals surface area (Å²) in [5.74, 6) is -0.492. The number of aliphatic hydroxyl groups excluding tert-OH is 1. The van der Waals surface area contributed by atoms with Gasteiger partial charge in [-0.15, -0.1) is 0 Å². The lowest BCUT2D eigenvalue weighted by molar-refractivity contribution is 0.235. The van der Waals surface area contributed by atoms with Crippen LogP contribution >= 0.6 is 23.2 Å². The van der Waals surface area contributed by atoms with Gasteiger partial charge in [-0.1, -0.05) is 41.4 Å². The van der Waals surface area contributed by atoms with Crippen LogP contribution in [0.15, 0.2) is 42.5 Å². The van der Waals surface area contributed by atoms with E-state index in [1.54, 1.807) is 6.07 Å². The second-order valence-corrected chi connectivity index (χ2v) is 5.69. The SMILES string of the molecule is C[C@H](N[C@@H](CO)c1ccc(Cl)c(F)c1)c1ccc(Cl)cc1. The molecule has 0 saturated heterocycles. The van der Waals surface area contributed by atoms with Gasteiger partial charge in [0.05, 0.1) is 17.7 Å². The van der Waals surface area contributed by atoms with E-state index in [0.29, 0.717) is 10.6 Å². The van der Waals surface area contributed by atoms with E-state index in [-0.39, 0.29) is 23.7 Å². The van der Waals surface area contributed by atoms with Gasteiger partial charge in [0.25, 0.3) is 0 Å². The maximum Gasteiger partial charge on any atom is 0.142 e. The van der Waals surface area contributed by atoms with Gasteiger partial charge in [-0.05, 0) is 42.3 Å². The van der Waals surface area contributed by atoms with Crippen molar-refractivity contribution in [2.45, 2.75) is 19.0 Å². The van der Waals surface area contributed by atoms with E-state index in [4.69, 9.17) is 23.2 Å². The number of nitrogens with one attached hydrogen (secondary N) is 1. The maximum atomic E-state index is 13.5. The van der Waals surface area contributed by atoms with Crippen LogP contribution in [-0.2, 0) is 0 Å². The quantitative estimate of drug-likeness (QED) is 0.846. The Bertz CT molecular complexity index is 604. The number of rotatable bonds is 5. The molecule has 0 saturated carbocycles. The molecule has 21 heavy (non-hydrogen) atoms. The molecule has 2 atom stereocenters. The van der Waals surface area contributed by atoms with Gasteiger partial charge < -0.3 is 10.4 Å². The lowest BCUT2D eigenvalue weighted by atomic mass is 10.0. The highest BCUT2D eigenvalue weighted by atomic mass is 35.5. The summed E-state index contributed by atoms with van der Waals surface area (Å²) in [4.78, 5) is 0. The van der Waals surface area contributed by atoms with Crippen LogP contribution in [0, 0.1) is 5.82 Å². The molecule has 2 N–H and O–H groups in total. The third-order valence-electron chi connectivity index (χ3n) is 3.35. The van der Waals surface area contributed by atoms with Crippen LogP contribution in [-0.4, -0.2) is 11.7 Å². The maximum absolute atomic E-state index is 13.5. The second kappa shape index (κ2) is 7.23. The van der Waals surface area contributed by atoms with Crippen molar-refractivity contribution in [3.63, 3.8) is 0 Å². The first-order valence-electron chi connectivity index (χ1n) is 6.58. The Balaban J connectivity index is 2.14. The molecule has 2 aromatic rings. The molecule has 0 unspecified atom stereocenters. The smallest absolute Gasteiger partial charge is 0.142 e. The summed E-state index contributed by atoms with van der Waals surface area (Å²) in [7, 11) is 0. The van der Waals surface area contributed by atoms with Crippen LogP contribution < -0.4 is 5.32 Å². The average Bonchev–Trinajstić information content (AvgIpc) is 2.48. The van der Waals surface area contributed by atoms with Crippen molar-refractivity contribution in [1.29, 1.82) is 0 Å². The topological polar surface area (TPSA) is 32.3 Å². The van der Waals surface area contributed by atoms with Crippen molar-refractivity contribution in [3.05, 3.63) is 69.5 Å². The van der Waals surface area contributed by atoms with Crippen molar-refractivity contribution in [2.24, 2.45) is 0 Å². The summed E-state index contributed by atoms with van der Waals surface area (Å²) in [5.41, 5.74) is 1.69. The Morgan fingerprint density at radius 1 is 1.10 bits per heavy atom. The van der Waals surface area contributed by atoms with Crippen molar-refractivity contribution in [3.8, 4) is 0 Å². The number of hydrogen-bond acceptors (Lipinski definition) is 2. The fourth-order valence-corrected chi connectivity index (χ4v) is 2.38. The molecule has 0 amide bonds. The molecule has 5 heteroatoms. The predicted molar refractivity (Wildman–Crippen MR) is 84.2 cm³/mol. The minimum absolute atomic E-state index is 0.0156. The molecule has 0 aliphatic carbocycles. The van der Waals surface area contributed by atoms with Crippen LogP contribution in [0.5, 0.6) is 0 Å². The summed E-state index contributed by atoms with van der Waals surface area (Å²) >= 11 is 11.5. The summed E-state index contributed by atoms with van der Waals surface area (Å²) in [6.45, 7) is 1.83. The van der Waals surface area contributed by atoms with Gasteiger partial charge in [-0.3, -0.25) is 0 Å². The molecule has 112 valence electrons. The van der Waals surface area contributed by atoms with Crippen LogP contribution in [0.4, 0.5) is 4.39 Å². The normalized spacial score (nSPS) is 14.0. The molecule has 0 aliphatic rings. The number of benzene rings is 2. The highest BCUT2D eigenvalue weighted by Crippen LogP contribution is 2.23. The van der Waals surface area contributed by atoms with E-state index in [1.165, 1.54) is 12.1 Å². The van der Waals surface area contributed by atoms with Crippen molar-refractivity contribution >= 4 is 23.2 Å². The van der Waals surface area contributed by atoms with Crippen LogP contribution in [0.3, 0.4) is 0 Å². The van der Waals surface area contributed by atoms with E-state index < -0.39 is 5.82 Å². The first-order valence-corrected chi connectivity index (χ1v) is 7.34. The first-order chi connectivity index (χ1) is 10.0. The lowest BCUT2D eigenvalue weighted by Gasteiger charge is -2.22. The number of halogens is 3. The Morgan fingerprint density at radius 2 is 1.71 bits per heavy atom. The first kappa shape index (κ1) is 16.2. The highest BCUT2D eigenvalue weighted by molar-refractivity contribution is 6.30. The van der Waals surface area contributed by atoms with Gasteiger partial charge in [0.1, 0.15) is 5.82 Å². The van der Waals surface area contributed by atoms with Crippen molar-refractivity contribution in [2.75, 3.05) is 6.61 Å². The summed E-state index contributed by atoms with van der Waals surface area (Å²) < 4.78 is 13.5. The minimum Gasteiger partial charge on any atom is -0.394 e. The van der Waals surface area contributed by atoms with E-state index in [2.05, 4.69) is 5.32 Å². The molecule has 2 rings (SSSR count). The van der Waals surface area contributed by atoms with Crippen LogP contribution in [0.1, 0.15) is 30.1 Å². The Kier molecular flexibility index (Phi) is 5.59. The molecule has 0 aromatic heterocycles. The van der Waals surface area contributed by atoms with Gasteiger partial charge in [0, 0.05) is 11.1 Å². The molecule has 0 spiro atoms.